The molecule has 0 aliphatic heterocycles. The molecule has 12 heteroatoms. The SMILES string of the molecule is N#Cc1cc(F)c(Nc2nc3cnc(N[C@H]4CCCC[C@@H](O)C4)nc3n2C2CCC(C(N)=O)CC2)c(Cl)c1. The van der Waals surface area contributed by atoms with Crippen LogP contribution in [-0.2, 0) is 4.79 Å². The van der Waals surface area contributed by atoms with E-state index in [0.29, 0.717) is 55.2 Å². The molecule has 5 rings (SSSR count). The van der Waals surface area contributed by atoms with Crippen molar-refractivity contribution in [2.45, 2.75) is 76.0 Å². The van der Waals surface area contributed by atoms with Crippen LogP contribution in [0.1, 0.15) is 69.4 Å². The lowest BCUT2D eigenvalue weighted by molar-refractivity contribution is -0.122. The van der Waals surface area contributed by atoms with Crippen molar-refractivity contribution in [1.29, 1.82) is 5.26 Å². The number of amides is 1. The van der Waals surface area contributed by atoms with Crippen molar-refractivity contribution in [2.24, 2.45) is 11.7 Å². The first-order valence-electron chi connectivity index (χ1n) is 13.0. The molecular weight excluding hydrogens is 511 g/mol. The summed E-state index contributed by atoms with van der Waals surface area (Å²) in [6, 6.07) is 4.38. The molecule has 200 valence electrons. The zero-order valence-electron chi connectivity index (χ0n) is 20.8. The van der Waals surface area contributed by atoms with Crippen LogP contribution in [0.15, 0.2) is 18.3 Å². The van der Waals surface area contributed by atoms with Gasteiger partial charge in [-0.05, 0) is 57.1 Å². The van der Waals surface area contributed by atoms with Crippen LogP contribution in [0.25, 0.3) is 11.2 Å². The monoisotopic (exact) mass is 540 g/mol. The number of nitriles is 1. The van der Waals surface area contributed by atoms with Crippen molar-refractivity contribution in [1.82, 2.24) is 19.5 Å². The van der Waals surface area contributed by atoms with Gasteiger partial charge < -0.3 is 21.5 Å². The van der Waals surface area contributed by atoms with Crippen molar-refractivity contribution in [3.05, 3.63) is 34.7 Å². The topological polar surface area (TPSA) is 155 Å². The number of carbonyl (C=O) groups excluding carboxylic acids is 1. The number of fused-ring (bicyclic) bond motifs is 1. The normalized spacial score (nSPS) is 23.9. The van der Waals surface area contributed by atoms with E-state index in [4.69, 9.17) is 27.6 Å². The second kappa shape index (κ2) is 11.1. The third-order valence-corrected chi connectivity index (χ3v) is 7.83. The van der Waals surface area contributed by atoms with E-state index < -0.39 is 5.82 Å². The van der Waals surface area contributed by atoms with Crippen LogP contribution in [0.2, 0.25) is 5.02 Å². The molecule has 2 saturated carbocycles. The number of nitrogens with zero attached hydrogens (tertiary/aromatic N) is 5. The van der Waals surface area contributed by atoms with Crippen molar-refractivity contribution in [2.75, 3.05) is 10.6 Å². The Morgan fingerprint density at radius 3 is 2.66 bits per heavy atom. The number of aliphatic hydroxyl groups is 1. The third kappa shape index (κ3) is 5.51. The molecule has 0 saturated heterocycles. The zero-order chi connectivity index (χ0) is 26.8. The Hall–Kier alpha value is -3.49. The van der Waals surface area contributed by atoms with Gasteiger partial charge in [-0.2, -0.15) is 10.2 Å². The quantitative estimate of drug-likeness (QED) is 0.332. The van der Waals surface area contributed by atoms with Crippen molar-refractivity contribution < 1.29 is 14.3 Å². The average molecular weight is 541 g/mol. The molecule has 2 aliphatic carbocycles. The summed E-state index contributed by atoms with van der Waals surface area (Å²) in [5.74, 6) is -0.396. The van der Waals surface area contributed by atoms with Gasteiger partial charge >= 0.3 is 0 Å². The van der Waals surface area contributed by atoms with Gasteiger partial charge in [0, 0.05) is 18.0 Å². The summed E-state index contributed by atoms with van der Waals surface area (Å²) in [7, 11) is 0. The van der Waals surface area contributed by atoms with Crippen LogP contribution in [0.5, 0.6) is 0 Å². The molecule has 1 aromatic carbocycles. The minimum absolute atomic E-state index is 0.00629. The number of imidazole rings is 1. The maximum atomic E-state index is 14.9. The number of primary amides is 1. The number of nitrogens with one attached hydrogen (secondary N) is 2. The van der Waals surface area contributed by atoms with E-state index in [1.54, 1.807) is 6.20 Å². The van der Waals surface area contributed by atoms with E-state index in [-0.39, 0.29) is 46.3 Å². The maximum Gasteiger partial charge on any atom is 0.224 e. The summed E-state index contributed by atoms with van der Waals surface area (Å²) in [5, 5.41) is 25.8. The van der Waals surface area contributed by atoms with E-state index in [0.717, 1.165) is 31.7 Å². The number of anilines is 3. The number of rotatable bonds is 6. The molecule has 2 fully saturated rings. The highest BCUT2D eigenvalue weighted by molar-refractivity contribution is 6.33. The summed E-state index contributed by atoms with van der Waals surface area (Å²) >= 11 is 6.31. The van der Waals surface area contributed by atoms with E-state index >= 15 is 0 Å². The highest BCUT2D eigenvalue weighted by Gasteiger charge is 2.30. The van der Waals surface area contributed by atoms with Gasteiger partial charge in [-0.1, -0.05) is 24.4 Å². The number of nitrogens with two attached hydrogens (primary N) is 1. The van der Waals surface area contributed by atoms with Crippen LogP contribution in [-0.4, -0.2) is 42.7 Å². The maximum absolute atomic E-state index is 14.9. The highest BCUT2D eigenvalue weighted by Crippen LogP contribution is 2.38. The lowest BCUT2D eigenvalue weighted by Gasteiger charge is -2.29. The predicted molar refractivity (Wildman–Crippen MR) is 141 cm³/mol. The fraction of sp³-hybridized carbons (Fsp3) is 0.500. The minimum atomic E-state index is -0.676. The number of halogens is 2. The van der Waals surface area contributed by atoms with E-state index in [9.17, 15) is 14.3 Å². The van der Waals surface area contributed by atoms with Gasteiger partial charge in [-0.3, -0.25) is 9.36 Å². The molecule has 0 unspecified atom stereocenters. The molecule has 5 N–H and O–H groups in total. The second-order valence-corrected chi connectivity index (χ2v) is 10.6. The molecule has 2 heterocycles. The second-order valence-electron chi connectivity index (χ2n) is 10.2. The number of aromatic nitrogens is 4. The Balaban J connectivity index is 1.52. The number of aliphatic hydroxyl groups excluding tert-OH is 1. The molecule has 1 amide bonds. The van der Waals surface area contributed by atoms with Crippen LogP contribution < -0.4 is 16.4 Å². The fourth-order valence-corrected chi connectivity index (χ4v) is 5.79. The molecule has 0 bridgehead atoms. The van der Waals surface area contributed by atoms with Crippen LogP contribution in [0.3, 0.4) is 0 Å². The molecule has 3 aromatic rings. The number of carbonyl (C=O) groups is 1. The van der Waals surface area contributed by atoms with Gasteiger partial charge in [-0.15, -0.1) is 0 Å². The smallest absolute Gasteiger partial charge is 0.224 e. The molecule has 0 spiro atoms. The summed E-state index contributed by atoms with van der Waals surface area (Å²) in [6.07, 6.45) is 8.19. The number of benzene rings is 1. The predicted octanol–water partition coefficient (Wildman–Crippen LogP) is 4.56. The van der Waals surface area contributed by atoms with Crippen molar-refractivity contribution >= 4 is 46.3 Å². The lowest BCUT2D eigenvalue weighted by Crippen LogP contribution is -2.29. The Morgan fingerprint density at radius 2 is 1.95 bits per heavy atom. The van der Waals surface area contributed by atoms with E-state index in [1.165, 1.54) is 6.07 Å². The molecule has 10 nitrogen and oxygen atoms in total. The summed E-state index contributed by atoms with van der Waals surface area (Å²) in [4.78, 5) is 25.6. The summed E-state index contributed by atoms with van der Waals surface area (Å²) in [6.45, 7) is 0. The lowest BCUT2D eigenvalue weighted by atomic mass is 9.85. The van der Waals surface area contributed by atoms with Crippen molar-refractivity contribution in [3.8, 4) is 6.07 Å². The Bertz CT molecular complexity index is 1360. The van der Waals surface area contributed by atoms with Crippen LogP contribution in [0, 0.1) is 23.1 Å². The summed E-state index contributed by atoms with van der Waals surface area (Å²) < 4.78 is 16.8. The largest absolute Gasteiger partial charge is 0.393 e. The fourth-order valence-electron chi connectivity index (χ4n) is 5.53. The molecule has 0 radical (unpaired) electrons. The zero-order valence-corrected chi connectivity index (χ0v) is 21.6. The van der Waals surface area contributed by atoms with Gasteiger partial charge in [-0.25, -0.2) is 14.4 Å². The molecule has 2 atom stereocenters. The van der Waals surface area contributed by atoms with E-state index in [2.05, 4.69) is 20.6 Å². The van der Waals surface area contributed by atoms with E-state index in [1.807, 2.05) is 10.6 Å². The number of hydrogen-bond acceptors (Lipinski definition) is 8. The Labute approximate surface area is 224 Å². The first-order valence-corrected chi connectivity index (χ1v) is 13.3. The highest BCUT2D eigenvalue weighted by atomic mass is 35.5. The van der Waals surface area contributed by atoms with Gasteiger partial charge in [0.1, 0.15) is 11.3 Å². The molecule has 2 aromatic heterocycles. The van der Waals surface area contributed by atoms with Gasteiger partial charge in [0.05, 0.1) is 34.6 Å². The first kappa shape index (κ1) is 26.1. The van der Waals surface area contributed by atoms with Gasteiger partial charge in [0.2, 0.25) is 17.8 Å². The average Bonchev–Trinajstić information content (AvgIpc) is 3.12. The van der Waals surface area contributed by atoms with Gasteiger partial charge in [0.25, 0.3) is 0 Å². The van der Waals surface area contributed by atoms with Crippen molar-refractivity contribution in [3.63, 3.8) is 0 Å². The van der Waals surface area contributed by atoms with Gasteiger partial charge in [0.15, 0.2) is 5.65 Å². The number of hydrogen-bond donors (Lipinski definition) is 4. The Kier molecular flexibility index (Phi) is 7.63. The first-order chi connectivity index (χ1) is 18.3. The minimum Gasteiger partial charge on any atom is -0.393 e. The molecular formula is C26H30ClFN8O2. The standard InChI is InChI=1S/C26H30ClFN8O2/c27-19-9-14(12-29)10-20(28)22(19)34-26-33-21-13-31-25(32-16-3-1-2-4-18(37)11-16)35-24(21)36(26)17-7-5-15(6-8-17)23(30)38/h9-10,13,15-18,37H,1-8,11H2,(H2,30,38)(H,33,34)(H,31,32,35)/t15?,16-,17?,18+/m0/s1. The molecule has 38 heavy (non-hydrogen) atoms. The van der Waals surface area contributed by atoms with Crippen LogP contribution in [0.4, 0.5) is 22.0 Å². The summed E-state index contributed by atoms with van der Waals surface area (Å²) in [5.41, 5.74) is 6.74. The third-order valence-electron chi connectivity index (χ3n) is 7.53. The molecule has 2 aliphatic rings. The Morgan fingerprint density at radius 1 is 1.18 bits per heavy atom. The van der Waals surface area contributed by atoms with Crippen LogP contribution >= 0.6 is 11.6 Å².